The molecule has 8 nitrogen and oxygen atoms in total. The van der Waals surface area contributed by atoms with Gasteiger partial charge in [-0.25, -0.2) is 16.8 Å². The van der Waals surface area contributed by atoms with Gasteiger partial charge in [0, 0.05) is 11.4 Å². The summed E-state index contributed by atoms with van der Waals surface area (Å²) in [4.78, 5) is 13.0. The molecular formula is C26H31N3O5S2. The van der Waals surface area contributed by atoms with Crippen LogP contribution in [0.3, 0.4) is 0 Å². The number of amides is 1. The molecule has 0 heterocycles. The van der Waals surface area contributed by atoms with E-state index in [4.69, 9.17) is 0 Å². The van der Waals surface area contributed by atoms with Crippen LogP contribution in [0.4, 0.5) is 17.1 Å². The Morgan fingerprint density at radius 1 is 0.750 bits per heavy atom. The second kappa shape index (κ2) is 10.3. The van der Waals surface area contributed by atoms with Crippen LogP contribution in [0.2, 0.25) is 0 Å². The summed E-state index contributed by atoms with van der Waals surface area (Å²) < 4.78 is 54.3. The van der Waals surface area contributed by atoms with Crippen molar-refractivity contribution in [3.05, 3.63) is 82.9 Å². The fourth-order valence-corrected chi connectivity index (χ4v) is 5.87. The molecule has 0 saturated carbocycles. The van der Waals surface area contributed by atoms with Crippen molar-refractivity contribution in [1.82, 2.24) is 0 Å². The van der Waals surface area contributed by atoms with Gasteiger partial charge >= 0.3 is 0 Å². The molecule has 192 valence electrons. The van der Waals surface area contributed by atoms with Crippen molar-refractivity contribution < 1.29 is 21.6 Å². The zero-order chi connectivity index (χ0) is 26.8. The zero-order valence-electron chi connectivity index (χ0n) is 21.2. The highest BCUT2D eigenvalue weighted by molar-refractivity contribution is 7.92. The van der Waals surface area contributed by atoms with Crippen molar-refractivity contribution >= 4 is 43.0 Å². The van der Waals surface area contributed by atoms with Crippen LogP contribution in [0.5, 0.6) is 0 Å². The summed E-state index contributed by atoms with van der Waals surface area (Å²) in [5.41, 5.74) is 5.11. The number of sulfonamides is 2. The van der Waals surface area contributed by atoms with Gasteiger partial charge in [0.1, 0.15) is 6.04 Å². The summed E-state index contributed by atoms with van der Waals surface area (Å²) in [5.74, 6) is -0.553. The van der Waals surface area contributed by atoms with E-state index in [0.29, 0.717) is 17.1 Å². The van der Waals surface area contributed by atoms with Gasteiger partial charge in [0.05, 0.1) is 16.8 Å². The first kappa shape index (κ1) is 27.2. The number of hydrogen-bond acceptors (Lipinski definition) is 5. The largest absolute Gasteiger partial charge is 0.324 e. The van der Waals surface area contributed by atoms with E-state index in [2.05, 4.69) is 10.0 Å². The lowest BCUT2D eigenvalue weighted by Crippen LogP contribution is -2.45. The van der Waals surface area contributed by atoms with Gasteiger partial charge in [-0.1, -0.05) is 12.1 Å². The summed E-state index contributed by atoms with van der Waals surface area (Å²) in [6.07, 6.45) is 1.05. The molecule has 0 bridgehead atoms. The number of hydrogen-bond donors (Lipinski definition) is 2. The minimum atomic E-state index is -3.83. The first-order chi connectivity index (χ1) is 16.7. The molecular weight excluding hydrogens is 498 g/mol. The number of nitrogens with one attached hydrogen (secondary N) is 2. The van der Waals surface area contributed by atoms with E-state index in [1.807, 2.05) is 33.8 Å². The molecule has 1 atom stereocenters. The highest BCUT2D eigenvalue weighted by atomic mass is 32.2. The van der Waals surface area contributed by atoms with E-state index in [1.165, 1.54) is 31.2 Å². The van der Waals surface area contributed by atoms with Crippen LogP contribution in [-0.4, -0.2) is 35.0 Å². The first-order valence-corrected chi connectivity index (χ1v) is 14.6. The van der Waals surface area contributed by atoms with Crippen LogP contribution in [0, 0.1) is 27.7 Å². The highest BCUT2D eigenvalue weighted by Gasteiger charge is 2.29. The Kier molecular flexibility index (Phi) is 7.80. The van der Waals surface area contributed by atoms with Gasteiger partial charge in [-0.2, -0.15) is 0 Å². The van der Waals surface area contributed by atoms with Crippen molar-refractivity contribution in [1.29, 1.82) is 0 Å². The monoisotopic (exact) mass is 529 g/mol. The minimum Gasteiger partial charge on any atom is -0.324 e. The number of carbonyl (C=O) groups excluding carboxylic acids is 1. The van der Waals surface area contributed by atoms with Gasteiger partial charge in [0.15, 0.2) is 0 Å². The van der Waals surface area contributed by atoms with E-state index in [1.54, 1.807) is 30.3 Å². The van der Waals surface area contributed by atoms with Crippen LogP contribution >= 0.6 is 0 Å². The number of nitrogens with zero attached hydrogens (tertiary/aromatic N) is 1. The summed E-state index contributed by atoms with van der Waals surface area (Å²) in [5, 5.41) is 2.67. The Labute approximate surface area is 213 Å². The molecule has 2 N–H and O–H groups in total. The lowest BCUT2D eigenvalue weighted by molar-refractivity contribution is -0.116. The predicted octanol–water partition coefficient (Wildman–Crippen LogP) is 4.51. The third-order valence-electron chi connectivity index (χ3n) is 6.02. The summed E-state index contributed by atoms with van der Waals surface area (Å²) in [7, 11) is -7.59. The normalized spacial score (nSPS) is 12.6. The molecule has 0 unspecified atom stereocenters. The Hall–Kier alpha value is -3.37. The molecule has 3 aromatic carbocycles. The topological polar surface area (TPSA) is 113 Å². The van der Waals surface area contributed by atoms with Gasteiger partial charge in [-0.15, -0.1) is 0 Å². The van der Waals surface area contributed by atoms with Gasteiger partial charge in [-0.05, 0) is 105 Å². The van der Waals surface area contributed by atoms with Crippen molar-refractivity contribution in [3.63, 3.8) is 0 Å². The molecule has 0 aromatic heterocycles. The zero-order valence-corrected chi connectivity index (χ0v) is 22.8. The highest BCUT2D eigenvalue weighted by Crippen LogP contribution is 2.25. The van der Waals surface area contributed by atoms with Crippen molar-refractivity contribution in [2.75, 3.05) is 20.6 Å². The van der Waals surface area contributed by atoms with E-state index in [0.717, 1.165) is 32.8 Å². The second-order valence-corrected chi connectivity index (χ2v) is 12.5. The molecule has 1 amide bonds. The SMILES string of the molecule is Cc1ccc(NS(=O)(=O)c2ccc(NC(=O)[C@@H](C)N(c3ccc(C)c(C)c3)S(C)(=O)=O)cc2)cc1C. The maximum absolute atomic E-state index is 13.0. The maximum Gasteiger partial charge on any atom is 0.261 e. The van der Waals surface area contributed by atoms with Crippen molar-refractivity contribution in [2.45, 2.75) is 45.6 Å². The molecule has 0 radical (unpaired) electrons. The van der Waals surface area contributed by atoms with E-state index in [-0.39, 0.29) is 4.90 Å². The van der Waals surface area contributed by atoms with E-state index >= 15 is 0 Å². The molecule has 3 aromatic rings. The average molecular weight is 530 g/mol. The Morgan fingerprint density at radius 3 is 1.81 bits per heavy atom. The molecule has 36 heavy (non-hydrogen) atoms. The quantitative estimate of drug-likeness (QED) is 0.446. The van der Waals surface area contributed by atoms with Gasteiger partial charge < -0.3 is 5.32 Å². The van der Waals surface area contributed by atoms with E-state index < -0.39 is 32.0 Å². The van der Waals surface area contributed by atoms with E-state index in [9.17, 15) is 21.6 Å². The number of carbonyl (C=O) groups is 1. The van der Waals surface area contributed by atoms with Crippen LogP contribution in [-0.2, 0) is 24.8 Å². The lowest BCUT2D eigenvalue weighted by atomic mass is 10.1. The minimum absolute atomic E-state index is 0.0275. The first-order valence-electron chi connectivity index (χ1n) is 11.3. The molecule has 0 spiro atoms. The van der Waals surface area contributed by atoms with Gasteiger partial charge in [0.2, 0.25) is 15.9 Å². The summed E-state index contributed by atoms with van der Waals surface area (Å²) >= 11 is 0. The lowest BCUT2D eigenvalue weighted by Gasteiger charge is -2.28. The summed E-state index contributed by atoms with van der Waals surface area (Å²) in [6.45, 7) is 9.13. The van der Waals surface area contributed by atoms with Gasteiger partial charge in [0.25, 0.3) is 10.0 Å². The van der Waals surface area contributed by atoms with Crippen LogP contribution in [0.15, 0.2) is 65.6 Å². The third-order valence-corrected chi connectivity index (χ3v) is 8.66. The second-order valence-electron chi connectivity index (χ2n) is 8.92. The Balaban J connectivity index is 1.78. The van der Waals surface area contributed by atoms with Crippen LogP contribution < -0.4 is 14.3 Å². The average Bonchev–Trinajstić information content (AvgIpc) is 2.78. The molecule has 10 heteroatoms. The third kappa shape index (κ3) is 6.24. The Bertz CT molecular complexity index is 1500. The Morgan fingerprint density at radius 2 is 1.28 bits per heavy atom. The van der Waals surface area contributed by atoms with Gasteiger partial charge in [-0.3, -0.25) is 13.8 Å². The fourth-order valence-electron chi connectivity index (χ4n) is 3.65. The van der Waals surface area contributed by atoms with Crippen molar-refractivity contribution in [2.24, 2.45) is 0 Å². The number of rotatable bonds is 8. The molecule has 0 aliphatic carbocycles. The molecule has 0 fully saturated rings. The smallest absolute Gasteiger partial charge is 0.261 e. The standard InChI is InChI=1S/C26H31N3O5S2/c1-17-7-9-23(15-19(17)3)28-36(33,34)25-13-10-22(11-14-25)27-26(30)21(5)29(35(6,31)32)24-12-8-18(2)20(4)16-24/h7-16,21,28H,1-6H3,(H,27,30)/t21-/m1/s1. The summed E-state index contributed by atoms with van der Waals surface area (Å²) in [6, 6.07) is 15.1. The predicted molar refractivity (Wildman–Crippen MR) is 144 cm³/mol. The molecule has 3 rings (SSSR count). The maximum atomic E-state index is 13.0. The number of anilines is 3. The number of aryl methyl sites for hydroxylation is 4. The van der Waals surface area contributed by atoms with Crippen molar-refractivity contribution in [3.8, 4) is 0 Å². The van der Waals surface area contributed by atoms with Crippen LogP contribution in [0.1, 0.15) is 29.2 Å². The molecule has 0 aliphatic heterocycles. The molecule has 0 aliphatic rings. The van der Waals surface area contributed by atoms with Crippen LogP contribution in [0.25, 0.3) is 0 Å². The molecule has 0 saturated heterocycles. The fraction of sp³-hybridized carbons (Fsp3) is 0.269. The number of benzene rings is 3.